The second-order valence-corrected chi connectivity index (χ2v) is 7.14. The van der Waals surface area contributed by atoms with E-state index < -0.39 is 9.84 Å². The van der Waals surface area contributed by atoms with Crippen LogP contribution in [0, 0.1) is 0 Å². The average Bonchev–Trinajstić information content (AvgIpc) is 2.72. The van der Waals surface area contributed by atoms with Crippen LogP contribution in [0.5, 0.6) is 5.75 Å². The molecule has 1 aromatic heterocycles. The second-order valence-electron chi connectivity index (χ2n) is 3.48. The van der Waals surface area contributed by atoms with E-state index in [1.54, 1.807) is 12.1 Å². The quantitative estimate of drug-likeness (QED) is 0.866. The van der Waals surface area contributed by atoms with Crippen LogP contribution in [-0.2, 0) is 16.4 Å². The van der Waals surface area contributed by atoms with E-state index in [0.717, 1.165) is 6.26 Å². The molecule has 96 valence electrons. The Morgan fingerprint density at radius 3 is 2.44 bits per heavy atom. The smallest absolute Gasteiger partial charge is 0.207 e. The van der Waals surface area contributed by atoms with Gasteiger partial charge in [-0.25, -0.2) is 8.42 Å². The van der Waals surface area contributed by atoms with Crippen LogP contribution in [-0.4, -0.2) is 24.9 Å². The normalized spacial score (nSPS) is 11.4. The third-order valence-electron chi connectivity index (χ3n) is 2.06. The lowest BCUT2D eigenvalue weighted by molar-refractivity contribution is 0.304. The molecule has 0 aliphatic heterocycles. The minimum Gasteiger partial charge on any atom is -0.486 e. The molecule has 0 aliphatic carbocycles. The van der Waals surface area contributed by atoms with Crippen LogP contribution >= 0.6 is 22.9 Å². The van der Waals surface area contributed by atoms with Gasteiger partial charge in [0.1, 0.15) is 12.4 Å². The SMILES string of the molecule is CS(=O)(=O)c1ccc(OCc2nnc(Cl)s2)cc1. The summed E-state index contributed by atoms with van der Waals surface area (Å²) in [6.07, 6.45) is 1.16. The Bertz CT molecular complexity index is 637. The molecular weight excluding hydrogens is 296 g/mol. The molecular formula is C10H9ClN2O3S2. The van der Waals surface area contributed by atoms with E-state index in [2.05, 4.69) is 10.2 Å². The third-order valence-corrected chi connectivity index (χ3v) is 4.18. The fourth-order valence-electron chi connectivity index (χ4n) is 1.22. The van der Waals surface area contributed by atoms with E-state index in [0.29, 0.717) is 15.2 Å². The van der Waals surface area contributed by atoms with Crippen molar-refractivity contribution in [2.75, 3.05) is 6.26 Å². The van der Waals surface area contributed by atoms with Crippen molar-refractivity contribution in [3.8, 4) is 5.75 Å². The Hall–Kier alpha value is -1.18. The molecule has 8 heteroatoms. The van der Waals surface area contributed by atoms with E-state index in [9.17, 15) is 8.42 Å². The van der Waals surface area contributed by atoms with Crippen molar-refractivity contribution in [2.45, 2.75) is 11.5 Å². The number of hydrogen-bond donors (Lipinski definition) is 0. The molecule has 2 aromatic rings. The first-order valence-corrected chi connectivity index (χ1v) is 7.94. The van der Waals surface area contributed by atoms with Gasteiger partial charge in [-0.2, -0.15) is 0 Å². The number of aromatic nitrogens is 2. The molecule has 0 unspecified atom stereocenters. The molecule has 0 amide bonds. The summed E-state index contributed by atoms with van der Waals surface area (Å²) in [4.78, 5) is 0.258. The summed E-state index contributed by atoms with van der Waals surface area (Å²) < 4.78 is 28.3. The van der Waals surface area contributed by atoms with Crippen molar-refractivity contribution < 1.29 is 13.2 Å². The molecule has 0 saturated carbocycles. The minimum atomic E-state index is -3.18. The Balaban J connectivity index is 2.03. The van der Waals surface area contributed by atoms with Crippen molar-refractivity contribution in [3.63, 3.8) is 0 Å². The molecule has 0 spiro atoms. The number of hydrogen-bond acceptors (Lipinski definition) is 6. The molecule has 1 heterocycles. The minimum absolute atomic E-state index is 0.253. The molecule has 0 bridgehead atoms. The van der Waals surface area contributed by atoms with Crippen molar-refractivity contribution >= 4 is 32.8 Å². The molecule has 2 rings (SSSR count). The fraction of sp³-hybridized carbons (Fsp3) is 0.200. The molecule has 0 radical (unpaired) electrons. The average molecular weight is 305 g/mol. The molecule has 0 N–H and O–H groups in total. The Morgan fingerprint density at radius 1 is 1.28 bits per heavy atom. The largest absolute Gasteiger partial charge is 0.486 e. The summed E-state index contributed by atoms with van der Waals surface area (Å²) in [6.45, 7) is 0.253. The standard InChI is InChI=1S/C10H9ClN2O3S2/c1-18(14,15)8-4-2-7(3-5-8)16-6-9-12-13-10(11)17-9/h2-5H,6H2,1H3. The lowest BCUT2D eigenvalue weighted by atomic mass is 10.3. The summed E-state index contributed by atoms with van der Waals surface area (Å²) in [7, 11) is -3.18. The van der Waals surface area contributed by atoms with Crippen LogP contribution in [0.15, 0.2) is 29.2 Å². The summed E-state index contributed by atoms with van der Waals surface area (Å²) in [5.74, 6) is 0.564. The molecule has 1 aromatic carbocycles. The molecule has 0 fully saturated rings. The lowest BCUT2D eigenvalue weighted by Crippen LogP contribution is -1.98. The Kier molecular flexibility index (Phi) is 3.84. The molecule has 0 atom stereocenters. The number of sulfone groups is 1. The zero-order chi connectivity index (χ0) is 13.2. The van der Waals surface area contributed by atoms with Crippen LogP contribution in [0.25, 0.3) is 0 Å². The lowest BCUT2D eigenvalue weighted by Gasteiger charge is -2.04. The first-order valence-electron chi connectivity index (χ1n) is 4.86. The van der Waals surface area contributed by atoms with Crippen molar-refractivity contribution in [2.24, 2.45) is 0 Å². The second kappa shape index (κ2) is 5.21. The highest BCUT2D eigenvalue weighted by Crippen LogP contribution is 2.19. The number of nitrogens with zero attached hydrogens (tertiary/aromatic N) is 2. The van der Waals surface area contributed by atoms with Gasteiger partial charge < -0.3 is 4.74 Å². The highest BCUT2D eigenvalue weighted by molar-refractivity contribution is 7.90. The van der Waals surface area contributed by atoms with E-state index in [1.165, 1.54) is 23.5 Å². The van der Waals surface area contributed by atoms with Gasteiger partial charge in [0, 0.05) is 6.26 Å². The molecule has 0 aliphatic rings. The summed E-state index contributed by atoms with van der Waals surface area (Å²) >= 11 is 6.87. The van der Waals surface area contributed by atoms with Gasteiger partial charge in [0.05, 0.1) is 4.90 Å². The predicted molar refractivity (Wildman–Crippen MR) is 68.8 cm³/mol. The number of rotatable bonds is 4. The zero-order valence-electron chi connectivity index (χ0n) is 9.33. The topological polar surface area (TPSA) is 69.2 Å². The molecule has 0 saturated heterocycles. The first-order chi connectivity index (χ1) is 8.45. The maximum atomic E-state index is 11.3. The maximum Gasteiger partial charge on any atom is 0.207 e. The molecule has 18 heavy (non-hydrogen) atoms. The van der Waals surface area contributed by atoms with Gasteiger partial charge in [-0.05, 0) is 35.9 Å². The first kappa shape index (κ1) is 13.3. The number of benzene rings is 1. The summed E-state index contributed by atoms with van der Waals surface area (Å²) in [6, 6.07) is 6.19. The number of ether oxygens (including phenoxy) is 1. The van der Waals surface area contributed by atoms with Crippen molar-refractivity contribution in [1.29, 1.82) is 0 Å². The van der Waals surface area contributed by atoms with Gasteiger partial charge in [0.25, 0.3) is 0 Å². The van der Waals surface area contributed by atoms with Gasteiger partial charge in [-0.3, -0.25) is 0 Å². The summed E-state index contributed by atoms with van der Waals surface area (Å²) in [5.41, 5.74) is 0. The van der Waals surface area contributed by atoms with Gasteiger partial charge in [0.15, 0.2) is 14.8 Å². The van der Waals surface area contributed by atoms with Crippen LogP contribution in [0.2, 0.25) is 4.47 Å². The van der Waals surface area contributed by atoms with Gasteiger partial charge in [0.2, 0.25) is 4.47 Å². The van der Waals surface area contributed by atoms with E-state index in [-0.39, 0.29) is 11.5 Å². The Labute approximate surface area is 113 Å². The van der Waals surface area contributed by atoms with Crippen molar-refractivity contribution in [3.05, 3.63) is 33.7 Å². The van der Waals surface area contributed by atoms with Crippen molar-refractivity contribution in [1.82, 2.24) is 10.2 Å². The van der Waals surface area contributed by atoms with Gasteiger partial charge >= 0.3 is 0 Å². The monoisotopic (exact) mass is 304 g/mol. The van der Waals surface area contributed by atoms with Crippen LogP contribution in [0.1, 0.15) is 5.01 Å². The predicted octanol–water partition coefficient (Wildman–Crippen LogP) is 2.17. The summed E-state index contributed by atoms with van der Waals surface area (Å²) in [5, 5.41) is 8.11. The van der Waals surface area contributed by atoms with Crippen LogP contribution < -0.4 is 4.74 Å². The Morgan fingerprint density at radius 2 is 1.94 bits per heavy atom. The molecule has 5 nitrogen and oxygen atoms in total. The van der Waals surface area contributed by atoms with Gasteiger partial charge in [-0.1, -0.05) is 11.3 Å². The zero-order valence-corrected chi connectivity index (χ0v) is 11.7. The van der Waals surface area contributed by atoms with Gasteiger partial charge in [-0.15, -0.1) is 10.2 Å². The fourth-order valence-corrected chi connectivity index (χ4v) is 2.63. The van der Waals surface area contributed by atoms with E-state index in [4.69, 9.17) is 16.3 Å². The van der Waals surface area contributed by atoms with Crippen LogP contribution in [0.3, 0.4) is 0 Å². The van der Waals surface area contributed by atoms with Crippen LogP contribution in [0.4, 0.5) is 0 Å². The highest BCUT2D eigenvalue weighted by Gasteiger charge is 2.07. The maximum absolute atomic E-state index is 11.3. The number of halogens is 1. The van der Waals surface area contributed by atoms with E-state index in [1.807, 2.05) is 0 Å². The van der Waals surface area contributed by atoms with E-state index >= 15 is 0 Å². The third kappa shape index (κ3) is 3.41. The highest BCUT2D eigenvalue weighted by atomic mass is 35.5.